The number of carbonyl (C=O) groups is 1. The second-order valence-electron chi connectivity index (χ2n) is 6.93. The number of para-hydroxylation sites is 1. The SMILES string of the molecule is COc1cc(NC(=O)c2ccccc2)c(C)cc1NS(=O)(=O)Cc1ccccc1[N+](=O)[O-]. The van der Waals surface area contributed by atoms with E-state index in [0.29, 0.717) is 16.8 Å². The van der Waals surface area contributed by atoms with Crippen LogP contribution in [0.15, 0.2) is 66.7 Å². The van der Waals surface area contributed by atoms with Crippen molar-refractivity contribution in [3.05, 3.63) is 93.5 Å². The second-order valence-corrected chi connectivity index (χ2v) is 8.66. The van der Waals surface area contributed by atoms with Crippen LogP contribution >= 0.6 is 0 Å². The van der Waals surface area contributed by atoms with E-state index in [0.717, 1.165) is 0 Å². The van der Waals surface area contributed by atoms with Gasteiger partial charge in [-0.1, -0.05) is 36.4 Å². The summed E-state index contributed by atoms with van der Waals surface area (Å²) in [6, 6.07) is 17.3. The number of aryl methyl sites for hydroxylation is 1. The maximum Gasteiger partial charge on any atom is 0.273 e. The second kappa shape index (κ2) is 9.48. The van der Waals surface area contributed by atoms with Gasteiger partial charge in [0.2, 0.25) is 10.0 Å². The van der Waals surface area contributed by atoms with E-state index in [2.05, 4.69) is 10.0 Å². The zero-order valence-electron chi connectivity index (χ0n) is 17.4. The molecule has 0 aliphatic rings. The van der Waals surface area contributed by atoms with Crippen molar-refractivity contribution in [2.75, 3.05) is 17.1 Å². The first-order valence-electron chi connectivity index (χ1n) is 9.48. The highest BCUT2D eigenvalue weighted by atomic mass is 32.2. The maximum absolute atomic E-state index is 12.7. The van der Waals surface area contributed by atoms with Gasteiger partial charge in [-0.15, -0.1) is 0 Å². The summed E-state index contributed by atoms with van der Waals surface area (Å²) in [7, 11) is -2.63. The Labute approximate surface area is 185 Å². The number of methoxy groups -OCH3 is 1. The molecule has 0 spiro atoms. The van der Waals surface area contributed by atoms with Crippen LogP contribution < -0.4 is 14.8 Å². The number of anilines is 2. The average Bonchev–Trinajstić information content (AvgIpc) is 2.75. The van der Waals surface area contributed by atoms with Gasteiger partial charge in [0.05, 0.1) is 17.7 Å². The lowest BCUT2D eigenvalue weighted by atomic mass is 10.1. The molecule has 0 aromatic heterocycles. The Kier molecular flexibility index (Phi) is 6.74. The van der Waals surface area contributed by atoms with Gasteiger partial charge in [-0.3, -0.25) is 19.6 Å². The monoisotopic (exact) mass is 455 g/mol. The highest BCUT2D eigenvalue weighted by Gasteiger charge is 2.22. The molecule has 0 atom stereocenters. The fraction of sp³-hybridized carbons (Fsp3) is 0.136. The number of hydrogen-bond acceptors (Lipinski definition) is 6. The first kappa shape index (κ1) is 22.8. The van der Waals surface area contributed by atoms with Crippen LogP contribution in [-0.4, -0.2) is 26.4 Å². The first-order chi connectivity index (χ1) is 15.2. The average molecular weight is 455 g/mol. The number of hydrogen-bond donors (Lipinski definition) is 2. The number of benzene rings is 3. The highest BCUT2D eigenvalue weighted by Crippen LogP contribution is 2.33. The summed E-state index contributed by atoms with van der Waals surface area (Å²) < 4.78 is 33.1. The molecule has 166 valence electrons. The summed E-state index contributed by atoms with van der Waals surface area (Å²) in [5.74, 6) is -0.718. The molecule has 1 amide bonds. The van der Waals surface area contributed by atoms with E-state index in [9.17, 15) is 23.3 Å². The summed E-state index contributed by atoms with van der Waals surface area (Å²) in [4.78, 5) is 23.0. The lowest BCUT2D eigenvalue weighted by Crippen LogP contribution is -2.17. The van der Waals surface area contributed by atoms with Gasteiger partial charge in [-0.05, 0) is 30.7 Å². The zero-order chi connectivity index (χ0) is 23.3. The Bertz CT molecular complexity index is 1260. The molecule has 0 bridgehead atoms. The minimum absolute atomic E-state index is 0.0624. The Morgan fingerprint density at radius 1 is 1.03 bits per heavy atom. The lowest BCUT2D eigenvalue weighted by molar-refractivity contribution is -0.385. The number of nitro groups is 1. The van der Waals surface area contributed by atoms with E-state index in [1.165, 1.54) is 43.5 Å². The molecular formula is C22H21N3O6S. The molecule has 10 heteroatoms. The molecule has 0 saturated carbocycles. The van der Waals surface area contributed by atoms with Crippen molar-refractivity contribution >= 4 is 33.0 Å². The van der Waals surface area contributed by atoms with E-state index >= 15 is 0 Å². The number of carbonyl (C=O) groups excluding carboxylic acids is 1. The predicted octanol–water partition coefficient (Wildman–Crippen LogP) is 4.11. The smallest absolute Gasteiger partial charge is 0.273 e. The molecule has 0 aliphatic carbocycles. The van der Waals surface area contributed by atoms with Crippen molar-refractivity contribution in [2.24, 2.45) is 0 Å². The van der Waals surface area contributed by atoms with Crippen molar-refractivity contribution in [1.29, 1.82) is 0 Å². The fourth-order valence-corrected chi connectivity index (χ4v) is 4.30. The summed E-state index contributed by atoms with van der Waals surface area (Å²) in [5.41, 5.74) is 1.46. The van der Waals surface area contributed by atoms with Crippen LogP contribution in [0.25, 0.3) is 0 Å². The van der Waals surface area contributed by atoms with E-state index in [-0.39, 0.29) is 28.6 Å². The van der Waals surface area contributed by atoms with Crippen molar-refractivity contribution in [3.63, 3.8) is 0 Å². The third kappa shape index (κ3) is 5.41. The minimum atomic E-state index is -3.99. The Balaban J connectivity index is 1.85. The van der Waals surface area contributed by atoms with Crippen molar-refractivity contribution in [1.82, 2.24) is 0 Å². The quantitative estimate of drug-likeness (QED) is 0.389. The van der Waals surface area contributed by atoms with Gasteiger partial charge in [-0.2, -0.15) is 0 Å². The molecule has 2 N–H and O–H groups in total. The van der Waals surface area contributed by atoms with Crippen LogP contribution in [0.1, 0.15) is 21.5 Å². The topological polar surface area (TPSA) is 128 Å². The van der Waals surface area contributed by atoms with Crippen molar-refractivity contribution < 1.29 is 22.9 Å². The number of ether oxygens (including phenoxy) is 1. The molecule has 3 rings (SSSR count). The molecule has 32 heavy (non-hydrogen) atoms. The molecule has 0 saturated heterocycles. The predicted molar refractivity (Wildman–Crippen MR) is 121 cm³/mol. The van der Waals surface area contributed by atoms with Gasteiger partial charge in [0, 0.05) is 28.9 Å². The number of nitro benzene ring substituents is 1. The first-order valence-corrected chi connectivity index (χ1v) is 11.1. The van der Waals surface area contributed by atoms with Crippen LogP contribution in [-0.2, 0) is 15.8 Å². The molecule has 0 fully saturated rings. The third-order valence-electron chi connectivity index (χ3n) is 4.63. The van der Waals surface area contributed by atoms with Crippen LogP contribution in [0, 0.1) is 17.0 Å². The van der Waals surface area contributed by atoms with Crippen LogP contribution in [0.5, 0.6) is 5.75 Å². The van der Waals surface area contributed by atoms with Crippen LogP contribution in [0.4, 0.5) is 17.1 Å². The Morgan fingerprint density at radius 3 is 2.34 bits per heavy atom. The molecule has 0 heterocycles. The number of nitrogens with one attached hydrogen (secondary N) is 2. The molecular weight excluding hydrogens is 434 g/mol. The highest BCUT2D eigenvalue weighted by molar-refractivity contribution is 7.91. The van der Waals surface area contributed by atoms with Gasteiger partial charge < -0.3 is 10.1 Å². The van der Waals surface area contributed by atoms with Gasteiger partial charge in [-0.25, -0.2) is 8.42 Å². The zero-order valence-corrected chi connectivity index (χ0v) is 18.2. The molecule has 9 nitrogen and oxygen atoms in total. The normalized spacial score (nSPS) is 10.9. The van der Waals surface area contributed by atoms with Gasteiger partial charge in [0.1, 0.15) is 11.5 Å². The van der Waals surface area contributed by atoms with Crippen molar-refractivity contribution in [3.8, 4) is 5.75 Å². The Hall–Kier alpha value is -3.92. The summed E-state index contributed by atoms with van der Waals surface area (Å²) in [5, 5.41) is 14.0. The Morgan fingerprint density at radius 2 is 1.69 bits per heavy atom. The largest absolute Gasteiger partial charge is 0.494 e. The molecule has 3 aromatic carbocycles. The number of sulfonamides is 1. The summed E-state index contributed by atoms with van der Waals surface area (Å²) in [6.07, 6.45) is 0. The van der Waals surface area contributed by atoms with Gasteiger partial charge in [0.25, 0.3) is 11.6 Å². The standard InChI is InChI=1S/C22H21N3O6S/c1-15-12-19(24-32(29,30)14-17-10-6-7-11-20(17)25(27)28)21(31-2)13-18(15)23-22(26)16-8-4-3-5-9-16/h3-13,24H,14H2,1-2H3,(H,23,26). The number of nitrogens with zero attached hydrogens (tertiary/aromatic N) is 1. The van der Waals surface area contributed by atoms with E-state index in [1.807, 2.05) is 0 Å². The number of amides is 1. The molecule has 0 radical (unpaired) electrons. The van der Waals surface area contributed by atoms with E-state index in [1.54, 1.807) is 37.3 Å². The van der Waals surface area contributed by atoms with Gasteiger partial charge >= 0.3 is 0 Å². The minimum Gasteiger partial charge on any atom is -0.494 e. The van der Waals surface area contributed by atoms with E-state index in [4.69, 9.17) is 4.74 Å². The van der Waals surface area contributed by atoms with Crippen molar-refractivity contribution in [2.45, 2.75) is 12.7 Å². The summed E-state index contributed by atoms with van der Waals surface area (Å²) >= 11 is 0. The maximum atomic E-state index is 12.7. The van der Waals surface area contributed by atoms with E-state index < -0.39 is 20.7 Å². The lowest BCUT2D eigenvalue weighted by Gasteiger charge is -2.16. The van der Waals surface area contributed by atoms with Gasteiger partial charge in [0.15, 0.2) is 0 Å². The summed E-state index contributed by atoms with van der Waals surface area (Å²) in [6.45, 7) is 1.71. The fourth-order valence-electron chi connectivity index (χ4n) is 3.07. The molecule has 3 aromatic rings. The molecule has 0 aliphatic heterocycles. The third-order valence-corrected chi connectivity index (χ3v) is 5.85. The molecule has 0 unspecified atom stereocenters. The van der Waals surface area contributed by atoms with Crippen LogP contribution in [0.2, 0.25) is 0 Å². The van der Waals surface area contributed by atoms with Crippen LogP contribution in [0.3, 0.4) is 0 Å². The number of rotatable bonds is 8.